The Balaban J connectivity index is 2.20. The quantitative estimate of drug-likeness (QED) is 0.782. The molecular formula is C13H12FNO4S. The first-order chi connectivity index (χ1) is 9.51. The molecule has 7 heteroatoms. The first kappa shape index (κ1) is 14.4. The lowest BCUT2D eigenvalue weighted by Gasteiger charge is -2.11. The molecule has 1 atom stereocenters. The number of carbonyl (C=O) groups is 2. The summed E-state index contributed by atoms with van der Waals surface area (Å²) in [7, 11) is 0. The molecule has 1 unspecified atom stereocenters. The average molecular weight is 297 g/mol. The van der Waals surface area contributed by atoms with Crippen molar-refractivity contribution in [2.75, 3.05) is 6.61 Å². The molecule has 3 N–H and O–H groups in total. The summed E-state index contributed by atoms with van der Waals surface area (Å²) in [6, 6.07) is 4.60. The van der Waals surface area contributed by atoms with Gasteiger partial charge in [-0.05, 0) is 23.6 Å². The van der Waals surface area contributed by atoms with Gasteiger partial charge in [-0.2, -0.15) is 0 Å². The van der Waals surface area contributed by atoms with Crippen LogP contribution in [0.25, 0.3) is 10.1 Å². The van der Waals surface area contributed by atoms with Crippen LogP contribution in [0.15, 0.2) is 24.3 Å². The number of nitrogens with one attached hydrogen (secondary N) is 1. The van der Waals surface area contributed by atoms with Crippen LogP contribution < -0.4 is 5.32 Å². The molecule has 0 fully saturated rings. The van der Waals surface area contributed by atoms with Gasteiger partial charge in [0.05, 0.1) is 4.88 Å². The minimum absolute atomic E-state index is 0.0689. The highest BCUT2D eigenvalue weighted by Crippen LogP contribution is 2.26. The highest BCUT2D eigenvalue weighted by Gasteiger charge is 2.21. The van der Waals surface area contributed by atoms with Gasteiger partial charge in [0.2, 0.25) is 0 Å². The number of rotatable bonds is 5. The van der Waals surface area contributed by atoms with Gasteiger partial charge in [-0.15, -0.1) is 11.3 Å². The molecule has 1 aromatic heterocycles. The van der Waals surface area contributed by atoms with Crippen molar-refractivity contribution >= 4 is 33.3 Å². The smallest absolute Gasteiger partial charge is 0.326 e. The Morgan fingerprint density at radius 2 is 2.10 bits per heavy atom. The van der Waals surface area contributed by atoms with Crippen molar-refractivity contribution in [1.29, 1.82) is 0 Å². The highest BCUT2D eigenvalue weighted by molar-refractivity contribution is 7.20. The average Bonchev–Trinajstić information content (AvgIpc) is 2.80. The highest BCUT2D eigenvalue weighted by atomic mass is 32.1. The van der Waals surface area contributed by atoms with Crippen LogP contribution in [-0.2, 0) is 4.79 Å². The van der Waals surface area contributed by atoms with Crippen molar-refractivity contribution in [1.82, 2.24) is 5.32 Å². The van der Waals surface area contributed by atoms with E-state index in [1.54, 1.807) is 12.1 Å². The molecule has 106 valence electrons. The van der Waals surface area contributed by atoms with Crippen molar-refractivity contribution < 1.29 is 24.2 Å². The monoisotopic (exact) mass is 297 g/mol. The van der Waals surface area contributed by atoms with Crippen molar-refractivity contribution in [3.63, 3.8) is 0 Å². The third kappa shape index (κ3) is 3.12. The molecule has 1 heterocycles. The van der Waals surface area contributed by atoms with E-state index in [2.05, 4.69) is 5.32 Å². The number of carboxylic acids is 1. The molecule has 0 saturated carbocycles. The van der Waals surface area contributed by atoms with Crippen molar-refractivity contribution in [2.45, 2.75) is 12.5 Å². The van der Waals surface area contributed by atoms with Crippen LogP contribution in [0.5, 0.6) is 0 Å². The number of aliphatic carboxylic acids is 1. The van der Waals surface area contributed by atoms with E-state index < -0.39 is 23.7 Å². The molecule has 1 aromatic carbocycles. The van der Waals surface area contributed by atoms with Gasteiger partial charge < -0.3 is 15.5 Å². The van der Waals surface area contributed by atoms with Gasteiger partial charge in [0.1, 0.15) is 11.9 Å². The molecule has 0 bridgehead atoms. The number of carboxylic acid groups (broad SMARTS) is 1. The van der Waals surface area contributed by atoms with Crippen molar-refractivity contribution in [3.05, 3.63) is 35.0 Å². The first-order valence-electron chi connectivity index (χ1n) is 5.85. The molecule has 0 spiro atoms. The van der Waals surface area contributed by atoms with Gasteiger partial charge in [0, 0.05) is 17.7 Å². The van der Waals surface area contributed by atoms with Gasteiger partial charge in [-0.25, -0.2) is 9.18 Å². The van der Waals surface area contributed by atoms with E-state index in [9.17, 15) is 14.0 Å². The van der Waals surface area contributed by atoms with E-state index >= 15 is 0 Å². The predicted molar refractivity (Wildman–Crippen MR) is 72.4 cm³/mol. The zero-order valence-corrected chi connectivity index (χ0v) is 11.1. The van der Waals surface area contributed by atoms with Crippen LogP contribution in [0.3, 0.4) is 0 Å². The Hall–Kier alpha value is -1.99. The second-order valence-corrected chi connectivity index (χ2v) is 5.25. The number of hydrogen-bond acceptors (Lipinski definition) is 4. The van der Waals surface area contributed by atoms with Gasteiger partial charge in [0.25, 0.3) is 5.91 Å². The predicted octanol–water partition coefficient (Wildman–Crippen LogP) is 1.61. The van der Waals surface area contributed by atoms with Crippen molar-refractivity contribution in [2.24, 2.45) is 0 Å². The maximum atomic E-state index is 13.1. The molecular weight excluding hydrogens is 285 g/mol. The largest absolute Gasteiger partial charge is 0.480 e. The van der Waals surface area contributed by atoms with E-state index in [-0.39, 0.29) is 13.0 Å². The maximum absolute atomic E-state index is 13.1. The molecule has 0 aliphatic heterocycles. The molecule has 20 heavy (non-hydrogen) atoms. The summed E-state index contributed by atoms with van der Waals surface area (Å²) < 4.78 is 13.7. The summed E-state index contributed by atoms with van der Waals surface area (Å²) in [6.45, 7) is -0.338. The van der Waals surface area contributed by atoms with Crippen LogP contribution in [0.4, 0.5) is 4.39 Å². The molecule has 0 saturated heterocycles. The number of fused-ring (bicyclic) bond motifs is 1. The van der Waals surface area contributed by atoms with Gasteiger partial charge in [0.15, 0.2) is 0 Å². The maximum Gasteiger partial charge on any atom is 0.326 e. The minimum Gasteiger partial charge on any atom is -0.480 e. The van der Waals surface area contributed by atoms with Crippen LogP contribution in [-0.4, -0.2) is 34.7 Å². The standard InChI is InChI=1S/C13H12FNO4S/c14-8-2-1-7-5-11(20-10(7)6-8)12(17)15-9(3-4-16)13(18)19/h1-2,5-6,9,16H,3-4H2,(H,15,17)(H,18,19). The van der Waals surface area contributed by atoms with Gasteiger partial charge in [-0.1, -0.05) is 6.07 Å². The van der Waals surface area contributed by atoms with E-state index in [1.807, 2.05) is 0 Å². The summed E-state index contributed by atoms with van der Waals surface area (Å²) in [5.74, 6) is -2.15. The molecule has 2 rings (SSSR count). The zero-order valence-electron chi connectivity index (χ0n) is 10.3. The summed E-state index contributed by atoms with van der Waals surface area (Å²) in [4.78, 5) is 23.2. The Bertz CT molecular complexity index is 655. The third-order valence-electron chi connectivity index (χ3n) is 2.73. The summed E-state index contributed by atoms with van der Waals surface area (Å²) >= 11 is 1.08. The Morgan fingerprint density at radius 1 is 1.35 bits per heavy atom. The Labute approximate surface area is 117 Å². The minimum atomic E-state index is -1.21. The summed E-state index contributed by atoms with van der Waals surface area (Å²) in [5, 5.41) is 20.7. The van der Waals surface area contributed by atoms with Crippen LogP contribution in [0.1, 0.15) is 16.1 Å². The molecule has 0 aliphatic rings. The number of amides is 1. The first-order valence-corrected chi connectivity index (χ1v) is 6.66. The molecule has 2 aromatic rings. The number of aliphatic hydroxyl groups excluding tert-OH is 1. The number of benzene rings is 1. The van der Waals surface area contributed by atoms with Gasteiger partial charge in [-0.3, -0.25) is 4.79 Å². The van der Waals surface area contributed by atoms with Crippen LogP contribution in [0.2, 0.25) is 0 Å². The van der Waals surface area contributed by atoms with E-state index in [4.69, 9.17) is 10.2 Å². The van der Waals surface area contributed by atoms with E-state index in [0.29, 0.717) is 9.58 Å². The number of carbonyl (C=O) groups excluding carboxylic acids is 1. The molecule has 1 amide bonds. The molecule has 5 nitrogen and oxygen atoms in total. The Morgan fingerprint density at radius 3 is 2.75 bits per heavy atom. The SMILES string of the molecule is O=C(NC(CCO)C(=O)O)c1cc2ccc(F)cc2s1. The second kappa shape index (κ2) is 5.98. The number of hydrogen-bond donors (Lipinski definition) is 3. The lowest BCUT2D eigenvalue weighted by molar-refractivity contribution is -0.139. The molecule has 0 radical (unpaired) electrons. The summed E-state index contributed by atoms with van der Waals surface area (Å²) in [6.07, 6.45) is -0.0689. The van der Waals surface area contributed by atoms with Crippen LogP contribution in [0, 0.1) is 5.82 Å². The Kier molecular flexibility index (Phi) is 4.31. The van der Waals surface area contributed by atoms with E-state index in [0.717, 1.165) is 16.7 Å². The lowest BCUT2D eigenvalue weighted by Crippen LogP contribution is -2.41. The van der Waals surface area contributed by atoms with Gasteiger partial charge >= 0.3 is 5.97 Å². The molecule has 0 aliphatic carbocycles. The number of halogens is 1. The lowest BCUT2D eigenvalue weighted by atomic mass is 10.2. The number of aliphatic hydroxyl groups is 1. The van der Waals surface area contributed by atoms with Crippen molar-refractivity contribution in [3.8, 4) is 0 Å². The fourth-order valence-electron chi connectivity index (χ4n) is 1.73. The van der Waals surface area contributed by atoms with E-state index in [1.165, 1.54) is 12.1 Å². The van der Waals surface area contributed by atoms with Crippen LogP contribution >= 0.6 is 11.3 Å². The second-order valence-electron chi connectivity index (χ2n) is 4.17. The number of thiophene rings is 1. The fraction of sp³-hybridized carbons (Fsp3) is 0.231. The topological polar surface area (TPSA) is 86.6 Å². The fourth-order valence-corrected chi connectivity index (χ4v) is 2.72. The summed E-state index contributed by atoms with van der Waals surface area (Å²) in [5.41, 5.74) is 0. The zero-order chi connectivity index (χ0) is 14.7. The normalized spacial score (nSPS) is 12.3. The third-order valence-corrected chi connectivity index (χ3v) is 3.82.